The average Bonchev–Trinajstić information content (AvgIpc) is 2.09. The second-order valence-corrected chi connectivity index (χ2v) is 3.71. The Bertz CT molecular complexity index is 382. The monoisotopic (exact) mass is 284 g/mol. The highest BCUT2D eigenvalue weighted by Gasteiger charge is 2.43. The van der Waals surface area contributed by atoms with E-state index in [9.17, 15) is 13.6 Å². The van der Waals surface area contributed by atoms with Gasteiger partial charge in [-0.05, 0) is 22.0 Å². The second-order valence-electron chi connectivity index (χ2n) is 2.48. The highest BCUT2D eigenvalue weighted by Crippen LogP contribution is 2.37. The largest absolute Gasteiger partial charge is 0.477 e. The number of alkyl halides is 2. The highest BCUT2D eigenvalue weighted by molar-refractivity contribution is 9.10. The van der Waals surface area contributed by atoms with Crippen LogP contribution in [0.25, 0.3) is 0 Å². The lowest BCUT2D eigenvalue weighted by Gasteiger charge is -2.13. The Hall–Kier alpha value is -0.680. The van der Waals surface area contributed by atoms with Crippen molar-refractivity contribution in [1.29, 1.82) is 0 Å². The summed E-state index contributed by atoms with van der Waals surface area (Å²) in [5, 5.41) is 7.99. The summed E-state index contributed by atoms with van der Waals surface area (Å²) in [5.41, 5.74) is -0.721. The van der Waals surface area contributed by atoms with Gasteiger partial charge < -0.3 is 5.11 Å². The van der Waals surface area contributed by atoms with Crippen molar-refractivity contribution in [2.75, 3.05) is 0 Å². The molecule has 0 atom stereocenters. The summed E-state index contributed by atoms with van der Waals surface area (Å²) in [6.07, 6.45) is 0. The SMILES string of the molecule is O=C(O)C(F)(F)c1cccc(Br)c1Cl. The van der Waals surface area contributed by atoms with Gasteiger partial charge in [-0.25, -0.2) is 4.79 Å². The highest BCUT2D eigenvalue weighted by atomic mass is 79.9. The lowest BCUT2D eigenvalue weighted by Crippen LogP contribution is -2.25. The minimum atomic E-state index is -3.97. The third-order valence-electron chi connectivity index (χ3n) is 1.56. The molecule has 14 heavy (non-hydrogen) atoms. The fourth-order valence-corrected chi connectivity index (χ4v) is 1.47. The fourth-order valence-electron chi connectivity index (χ4n) is 0.861. The van der Waals surface area contributed by atoms with Crippen LogP contribution in [0.4, 0.5) is 8.78 Å². The van der Waals surface area contributed by atoms with Gasteiger partial charge in [-0.2, -0.15) is 8.78 Å². The van der Waals surface area contributed by atoms with E-state index in [1.807, 2.05) is 0 Å². The van der Waals surface area contributed by atoms with Crippen molar-refractivity contribution in [1.82, 2.24) is 0 Å². The Balaban J connectivity index is 3.33. The van der Waals surface area contributed by atoms with Gasteiger partial charge in [0, 0.05) is 4.47 Å². The Morgan fingerprint density at radius 1 is 1.50 bits per heavy atom. The molecule has 0 amide bonds. The summed E-state index contributed by atoms with van der Waals surface area (Å²) < 4.78 is 26.3. The third kappa shape index (κ3) is 1.88. The van der Waals surface area contributed by atoms with E-state index in [1.54, 1.807) is 0 Å². The van der Waals surface area contributed by atoms with Crippen LogP contribution < -0.4 is 0 Å². The van der Waals surface area contributed by atoms with E-state index in [-0.39, 0.29) is 9.50 Å². The van der Waals surface area contributed by atoms with Crippen molar-refractivity contribution in [3.63, 3.8) is 0 Å². The minimum absolute atomic E-state index is 0.234. The number of aliphatic carboxylic acids is 1. The molecule has 0 heterocycles. The van der Waals surface area contributed by atoms with Crippen LogP contribution in [-0.2, 0) is 10.7 Å². The van der Waals surface area contributed by atoms with E-state index in [0.717, 1.165) is 6.07 Å². The normalized spacial score (nSPS) is 11.4. The van der Waals surface area contributed by atoms with E-state index >= 15 is 0 Å². The summed E-state index contributed by atoms with van der Waals surface area (Å²) in [4.78, 5) is 10.3. The summed E-state index contributed by atoms with van der Waals surface area (Å²) in [6, 6.07) is 3.72. The van der Waals surface area contributed by atoms with Gasteiger partial charge in [0.2, 0.25) is 0 Å². The molecule has 0 radical (unpaired) electrons. The molecule has 0 saturated carbocycles. The van der Waals surface area contributed by atoms with Gasteiger partial charge in [0.05, 0.1) is 10.6 Å². The van der Waals surface area contributed by atoms with Gasteiger partial charge in [0.15, 0.2) is 0 Å². The van der Waals surface area contributed by atoms with Crippen molar-refractivity contribution in [2.24, 2.45) is 0 Å². The Morgan fingerprint density at radius 2 is 2.07 bits per heavy atom. The number of carboxylic acids is 1. The van der Waals surface area contributed by atoms with Crippen LogP contribution in [-0.4, -0.2) is 11.1 Å². The summed E-state index contributed by atoms with van der Waals surface area (Å²) in [5.74, 6) is -6.20. The molecule has 1 aromatic rings. The Morgan fingerprint density at radius 3 is 2.57 bits per heavy atom. The lowest BCUT2D eigenvalue weighted by molar-refractivity contribution is -0.166. The van der Waals surface area contributed by atoms with E-state index < -0.39 is 17.5 Å². The first-order chi connectivity index (χ1) is 6.37. The third-order valence-corrected chi connectivity index (χ3v) is 2.85. The standard InChI is InChI=1S/C8H4BrClF2O2/c9-5-3-1-2-4(6(5)10)8(11,12)7(13)14/h1-3H,(H,13,14). The molecule has 6 heteroatoms. The van der Waals surface area contributed by atoms with Gasteiger partial charge in [-0.1, -0.05) is 23.7 Å². The molecule has 2 nitrogen and oxygen atoms in total. The summed E-state index contributed by atoms with van der Waals surface area (Å²) in [7, 11) is 0. The zero-order chi connectivity index (χ0) is 10.9. The molecule has 76 valence electrons. The molecule has 0 aliphatic rings. The van der Waals surface area contributed by atoms with Crippen molar-refractivity contribution in [3.8, 4) is 0 Å². The quantitative estimate of drug-likeness (QED) is 0.905. The summed E-state index contributed by atoms with van der Waals surface area (Å²) in [6.45, 7) is 0. The topological polar surface area (TPSA) is 37.3 Å². The molecule has 0 aromatic heterocycles. The number of carboxylic acid groups (broad SMARTS) is 1. The number of hydrogen-bond donors (Lipinski definition) is 1. The van der Waals surface area contributed by atoms with Gasteiger partial charge in [-0.3, -0.25) is 0 Å². The van der Waals surface area contributed by atoms with Crippen LogP contribution >= 0.6 is 27.5 Å². The first-order valence-corrected chi connectivity index (χ1v) is 4.60. The van der Waals surface area contributed by atoms with Crippen LogP contribution in [0.1, 0.15) is 5.56 Å². The molecule has 1 N–H and O–H groups in total. The number of benzene rings is 1. The number of hydrogen-bond acceptors (Lipinski definition) is 1. The Labute approximate surface area is 91.6 Å². The van der Waals surface area contributed by atoms with E-state index in [4.69, 9.17) is 16.7 Å². The molecule has 0 aliphatic carbocycles. The van der Waals surface area contributed by atoms with Crippen LogP contribution in [0.5, 0.6) is 0 Å². The first-order valence-electron chi connectivity index (χ1n) is 3.43. The van der Waals surface area contributed by atoms with Crippen molar-refractivity contribution in [2.45, 2.75) is 5.92 Å². The maximum Gasteiger partial charge on any atom is 0.379 e. The molecule has 1 rings (SSSR count). The van der Waals surface area contributed by atoms with Crippen molar-refractivity contribution in [3.05, 3.63) is 33.3 Å². The van der Waals surface area contributed by atoms with Crippen LogP contribution in [0.15, 0.2) is 22.7 Å². The second kappa shape index (κ2) is 3.82. The van der Waals surface area contributed by atoms with Crippen molar-refractivity contribution < 1.29 is 18.7 Å². The average molecular weight is 285 g/mol. The van der Waals surface area contributed by atoms with Gasteiger partial charge in [0.1, 0.15) is 0 Å². The first kappa shape index (κ1) is 11.4. The molecule has 0 unspecified atom stereocenters. The fraction of sp³-hybridized carbons (Fsp3) is 0.125. The molecule has 0 aliphatic heterocycles. The van der Waals surface area contributed by atoms with Crippen LogP contribution in [0, 0.1) is 0 Å². The molecule has 0 spiro atoms. The number of halogens is 4. The predicted molar refractivity (Wildman–Crippen MR) is 50.7 cm³/mol. The van der Waals surface area contributed by atoms with Gasteiger partial charge in [0.25, 0.3) is 0 Å². The van der Waals surface area contributed by atoms with Gasteiger partial charge in [-0.15, -0.1) is 0 Å². The number of carbonyl (C=O) groups is 1. The lowest BCUT2D eigenvalue weighted by atomic mass is 10.1. The smallest absolute Gasteiger partial charge is 0.379 e. The predicted octanol–water partition coefficient (Wildman–Crippen LogP) is 3.28. The van der Waals surface area contributed by atoms with Crippen LogP contribution in [0.2, 0.25) is 5.02 Å². The van der Waals surface area contributed by atoms with Crippen LogP contribution in [0.3, 0.4) is 0 Å². The maximum absolute atomic E-state index is 13.0. The zero-order valence-electron chi connectivity index (χ0n) is 6.60. The molecule has 0 saturated heterocycles. The molecule has 0 bridgehead atoms. The zero-order valence-corrected chi connectivity index (χ0v) is 8.94. The van der Waals surface area contributed by atoms with E-state index in [2.05, 4.69) is 15.9 Å². The number of rotatable bonds is 2. The molecule has 0 fully saturated rings. The van der Waals surface area contributed by atoms with Crippen molar-refractivity contribution >= 4 is 33.5 Å². The molecular formula is C8H4BrClF2O2. The van der Waals surface area contributed by atoms with Gasteiger partial charge >= 0.3 is 11.9 Å². The Kier molecular flexibility index (Phi) is 3.11. The van der Waals surface area contributed by atoms with E-state index in [1.165, 1.54) is 12.1 Å². The van der Waals surface area contributed by atoms with E-state index in [0.29, 0.717) is 0 Å². The minimum Gasteiger partial charge on any atom is -0.477 e. The maximum atomic E-state index is 13.0. The molecular weight excluding hydrogens is 281 g/mol. The molecule has 1 aromatic carbocycles. The summed E-state index contributed by atoms with van der Waals surface area (Å²) >= 11 is 8.46.